The van der Waals surface area contributed by atoms with E-state index in [4.69, 9.17) is 4.74 Å². The van der Waals surface area contributed by atoms with Crippen molar-refractivity contribution in [2.75, 3.05) is 30.4 Å². The topological polar surface area (TPSA) is 117 Å². The fraction of sp³-hybridized carbons (Fsp3) is 0.667. The first kappa shape index (κ1) is 33.5. The molecule has 0 spiro atoms. The molecule has 0 radical (unpaired) electrons. The first-order valence-corrected chi connectivity index (χ1v) is 15.6. The van der Waals surface area contributed by atoms with Gasteiger partial charge in [0, 0.05) is 24.7 Å². The molecule has 0 aliphatic carbocycles. The maximum Gasteiger partial charge on any atom is 0.408 e. The first-order valence-electron chi connectivity index (χ1n) is 14.2. The van der Waals surface area contributed by atoms with E-state index in [2.05, 4.69) is 29.8 Å². The molecular weight excluding hydrogens is 528 g/mol. The number of hydrogen-bond donors (Lipinski definition) is 3. The fourth-order valence-electron chi connectivity index (χ4n) is 4.50. The number of nitrogens with one attached hydrogen (secondary N) is 3. The summed E-state index contributed by atoms with van der Waals surface area (Å²) >= 11 is 1.60. The quantitative estimate of drug-likeness (QED) is 0.349. The molecule has 40 heavy (non-hydrogen) atoms. The normalized spacial score (nSPS) is 15.9. The molecule has 0 saturated carbocycles. The van der Waals surface area contributed by atoms with E-state index in [1.807, 2.05) is 44.4 Å². The smallest absolute Gasteiger partial charge is 0.408 e. The van der Waals surface area contributed by atoms with Crippen LogP contribution in [0.4, 0.5) is 10.5 Å². The summed E-state index contributed by atoms with van der Waals surface area (Å²) in [6.45, 7) is 14.2. The third kappa shape index (κ3) is 10.7. The molecule has 0 bridgehead atoms. The number of alkyl carbamates (subject to hydrolysis) is 1. The third-order valence-corrected chi connectivity index (χ3v) is 7.51. The van der Waals surface area contributed by atoms with E-state index in [1.165, 1.54) is 5.56 Å². The van der Waals surface area contributed by atoms with Gasteiger partial charge in [0.1, 0.15) is 17.7 Å². The van der Waals surface area contributed by atoms with E-state index >= 15 is 0 Å². The molecule has 1 aliphatic heterocycles. The molecule has 3 N–H and O–H groups in total. The lowest BCUT2D eigenvalue weighted by Gasteiger charge is -2.34. The molecule has 4 amide bonds. The summed E-state index contributed by atoms with van der Waals surface area (Å²) in [6.07, 6.45) is 2.80. The van der Waals surface area contributed by atoms with Crippen molar-refractivity contribution in [1.82, 2.24) is 15.5 Å². The number of ether oxygens (including phenoxy) is 1. The van der Waals surface area contributed by atoms with Crippen LogP contribution >= 0.6 is 11.8 Å². The van der Waals surface area contributed by atoms with Gasteiger partial charge in [-0.05, 0) is 81.6 Å². The van der Waals surface area contributed by atoms with Crippen molar-refractivity contribution in [2.45, 2.75) is 91.3 Å². The lowest BCUT2D eigenvalue weighted by molar-refractivity contribution is -0.138. The lowest BCUT2D eigenvalue weighted by atomic mass is 9.93. The number of anilines is 1. The third-order valence-electron chi connectivity index (χ3n) is 6.87. The predicted octanol–water partition coefficient (Wildman–Crippen LogP) is 4.77. The monoisotopic (exact) mass is 576 g/mol. The molecule has 1 fully saturated rings. The summed E-state index contributed by atoms with van der Waals surface area (Å²) in [6, 6.07) is 6.38. The van der Waals surface area contributed by atoms with Gasteiger partial charge in [0.2, 0.25) is 17.7 Å². The predicted molar refractivity (Wildman–Crippen MR) is 161 cm³/mol. The summed E-state index contributed by atoms with van der Waals surface area (Å²) in [4.78, 5) is 53.5. The van der Waals surface area contributed by atoms with E-state index in [0.717, 1.165) is 0 Å². The van der Waals surface area contributed by atoms with Gasteiger partial charge in [0.05, 0.1) is 0 Å². The molecule has 1 aliphatic rings. The second kappa shape index (κ2) is 15.3. The molecule has 2 atom stereocenters. The van der Waals surface area contributed by atoms with Crippen LogP contribution in [0.5, 0.6) is 0 Å². The fourth-order valence-corrected chi connectivity index (χ4v) is 4.97. The van der Waals surface area contributed by atoms with Crippen molar-refractivity contribution in [3.05, 3.63) is 29.8 Å². The van der Waals surface area contributed by atoms with Crippen LogP contribution in [-0.4, -0.2) is 71.5 Å². The number of rotatable bonds is 11. The van der Waals surface area contributed by atoms with E-state index < -0.39 is 23.8 Å². The van der Waals surface area contributed by atoms with Crippen molar-refractivity contribution in [1.29, 1.82) is 0 Å². The Bertz CT molecular complexity index is 998. The Balaban J connectivity index is 1.95. The number of carbonyl (C=O) groups excluding carboxylic acids is 4. The molecule has 1 heterocycles. The number of thioether (sulfide) groups is 1. The van der Waals surface area contributed by atoms with Crippen molar-refractivity contribution >= 4 is 41.3 Å². The zero-order valence-corrected chi connectivity index (χ0v) is 26.2. The number of carbonyl (C=O) groups is 4. The van der Waals surface area contributed by atoms with Crippen LogP contribution in [0.15, 0.2) is 24.3 Å². The van der Waals surface area contributed by atoms with Gasteiger partial charge in [-0.2, -0.15) is 11.8 Å². The van der Waals surface area contributed by atoms with E-state index in [9.17, 15) is 19.2 Å². The Hall–Kier alpha value is -2.75. The van der Waals surface area contributed by atoms with Crippen molar-refractivity contribution in [2.24, 2.45) is 11.8 Å². The van der Waals surface area contributed by atoms with Crippen LogP contribution in [-0.2, 0) is 19.1 Å². The molecule has 1 saturated heterocycles. The molecule has 0 unspecified atom stereocenters. The maximum absolute atomic E-state index is 13.3. The average molecular weight is 577 g/mol. The number of benzene rings is 1. The van der Waals surface area contributed by atoms with Crippen molar-refractivity contribution in [3.8, 4) is 0 Å². The molecule has 1 aromatic carbocycles. The molecule has 0 aromatic heterocycles. The average Bonchev–Trinajstić information content (AvgIpc) is 2.88. The van der Waals surface area contributed by atoms with Crippen LogP contribution in [0.1, 0.15) is 79.2 Å². The Morgan fingerprint density at radius 1 is 1.00 bits per heavy atom. The molecule has 1 aromatic rings. The highest BCUT2D eigenvalue weighted by Crippen LogP contribution is 2.21. The van der Waals surface area contributed by atoms with Crippen molar-refractivity contribution < 1.29 is 23.9 Å². The Labute approximate surface area is 243 Å². The Morgan fingerprint density at radius 2 is 1.60 bits per heavy atom. The number of hydrogen-bond acceptors (Lipinski definition) is 6. The van der Waals surface area contributed by atoms with Gasteiger partial charge in [-0.3, -0.25) is 14.4 Å². The van der Waals surface area contributed by atoms with Crippen LogP contribution in [0.2, 0.25) is 0 Å². The highest BCUT2D eigenvalue weighted by molar-refractivity contribution is 7.98. The number of nitrogens with zero attached hydrogens (tertiary/aromatic N) is 1. The summed E-state index contributed by atoms with van der Waals surface area (Å²) < 4.78 is 5.35. The van der Waals surface area contributed by atoms with Gasteiger partial charge in [0.25, 0.3) is 0 Å². The van der Waals surface area contributed by atoms with Crippen LogP contribution in [0.25, 0.3) is 0 Å². The number of likely N-dealkylation sites (tertiary alicyclic amines) is 1. The second-order valence-electron chi connectivity index (χ2n) is 12.1. The lowest BCUT2D eigenvalue weighted by Crippen LogP contribution is -2.54. The number of amides is 4. The van der Waals surface area contributed by atoms with Gasteiger partial charge >= 0.3 is 6.09 Å². The van der Waals surface area contributed by atoms with E-state index in [-0.39, 0.29) is 29.6 Å². The summed E-state index contributed by atoms with van der Waals surface area (Å²) in [7, 11) is 0. The zero-order chi connectivity index (χ0) is 30.0. The summed E-state index contributed by atoms with van der Waals surface area (Å²) in [5.74, 6) is 0.118. The van der Waals surface area contributed by atoms with Crippen molar-refractivity contribution in [3.63, 3.8) is 0 Å². The van der Waals surface area contributed by atoms with Gasteiger partial charge in [-0.1, -0.05) is 39.8 Å². The Kier molecular flexibility index (Phi) is 12.8. The highest BCUT2D eigenvalue weighted by atomic mass is 32.2. The van der Waals surface area contributed by atoms with Gasteiger partial charge in [-0.15, -0.1) is 0 Å². The molecule has 9 nitrogen and oxygen atoms in total. The standard InChI is InChI=1S/C30H48N4O5S/c1-19(2)21-9-11-23(12-10-21)31-27(36)25(20(3)4)33-26(35)22-13-16-34(17-14-22)28(37)24(15-18-40-8)32-29(38)39-30(5,6)7/h9-12,19-20,22,24-25H,13-18H2,1-8H3,(H,31,36)(H,32,38)(H,33,35)/t24-,25-/m0/s1. The summed E-state index contributed by atoms with van der Waals surface area (Å²) in [5.41, 5.74) is 1.22. The molecule has 224 valence electrons. The molecule has 2 rings (SSSR count). The Morgan fingerprint density at radius 3 is 2.10 bits per heavy atom. The largest absolute Gasteiger partial charge is 0.444 e. The minimum atomic E-state index is -0.684. The first-order chi connectivity index (χ1) is 18.7. The molecule has 10 heteroatoms. The molecular formula is C30H48N4O5S. The highest BCUT2D eigenvalue weighted by Gasteiger charge is 2.34. The van der Waals surface area contributed by atoms with Crippen LogP contribution in [0, 0.1) is 11.8 Å². The zero-order valence-electron chi connectivity index (χ0n) is 25.3. The van der Waals surface area contributed by atoms with Crippen LogP contribution in [0.3, 0.4) is 0 Å². The number of piperidine rings is 1. The minimum Gasteiger partial charge on any atom is -0.444 e. The van der Waals surface area contributed by atoms with Gasteiger partial charge in [0.15, 0.2) is 0 Å². The minimum absolute atomic E-state index is 0.100. The van der Waals surface area contributed by atoms with Gasteiger partial charge < -0.3 is 25.6 Å². The maximum atomic E-state index is 13.3. The van der Waals surface area contributed by atoms with E-state index in [1.54, 1.807) is 37.4 Å². The second-order valence-corrected chi connectivity index (χ2v) is 13.1. The van der Waals surface area contributed by atoms with Gasteiger partial charge in [-0.25, -0.2) is 4.79 Å². The summed E-state index contributed by atoms with van der Waals surface area (Å²) in [5, 5.41) is 8.60. The van der Waals surface area contributed by atoms with Crippen LogP contribution < -0.4 is 16.0 Å². The SMILES string of the molecule is CSCC[C@H](NC(=O)OC(C)(C)C)C(=O)N1CCC(C(=O)N[C@H](C(=O)Nc2ccc(C(C)C)cc2)C(C)C)CC1. The van der Waals surface area contributed by atoms with E-state index in [0.29, 0.717) is 49.7 Å².